The molecule has 0 bridgehead atoms. The molecular formula is C19H20Cl2F3N5O2. The highest BCUT2D eigenvalue weighted by Crippen LogP contribution is 2.26. The van der Waals surface area contributed by atoms with Crippen LogP contribution in [-0.4, -0.2) is 51.4 Å². The number of alkyl halides is 3. The van der Waals surface area contributed by atoms with Gasteiger partial charge in [-0.05, 0) is 36.6 Å². The van der Waals surface area contributed by atoms with Crippen molar-refractivity contribution in [1.82, 2.24) is 20.2 Å². The van der Waals surface area contributed by atoms with Crippen molar-refractivity contribution in [3.63, 3.8) is 0 Å². The molecule has 2 atom stereocenters. The maximum absolute atomic E-state index is 12.8. The number of carbonyl (C=O) groups is 1. The molecule has 1 aliphatic heterocycles. The monoisotopic (exact) mass is 477 g/mol. The number of nitrogens with one attached hydrogen (secondary N) is 2. The maximum Gasteiger partial charge on any atom is 0.408 e. The number of hydrogen-bond acceptors (Lipinski definition) is 5. The van der Waals surface area contributed by atoms with Gasteiger partial charge in [0.25, 0.3) is 0 Å². The lowest BCUT2D eigenvalue weighted by atomic mass is 10.1. The Morgan fingerprint density at radius 2 is 2.06 bits per heavy atom. The van der Waals surface area contributed by atoms with Crippen LogP contribution in [-0.2, 0) is 13.0 Å². The molecule has 0 spiro atoms. The largest absolute Gasteiger partial charge is 0.408 e. The summed E-state index contributed by atoms with van der Waals surface area (Å²) in [7, 11) is 0. The summed E-state index contributed by atoms with van der Waals surface area (Å²) in [5, 5.41) is 15.3. The molecule has 0 saturated carbocycles. The molecule has 1 aliphatic rings. The van der Waals surface area contributed by atoms with Crippen LogP contribution in [0.2, 0.25) is 10.0 Å². The third kappa shape index (κ3) is 5.69. The van der Waals surface area contributed by atoms with Crippen LogP contribution in [0.25, 0.3) is 0 Å². The van der Waals surface area contributed by atoms with Gasteiger partial charge in [-0.15, -0.1) is 0 Å². The van der Waals surface area contributed by atoms with E-state index in [1.807, 2.05) is 0 Å². The molecule has 2 heterocycles. The third-order valence-corrected chi connectivity index (χ3v) is 5.64. The molecule has 0 saturated heterocycles. The number of aliphatic hydroxyl groups excluding tert-OH is 1. The average molecular weight is 478 g/mol. The lowest BCUT2D eigenvalue weighted by molar-refractivity contribution is -0.138. The number of urea groups is 1. The highest BCUT2D eigenvalue weighted by Gasteiger charge is 2.36. The molecule has 1 aromatic heterocycles. The van der Waals surface area contributed by atoms with Crippen LogP contribution in [0.15, 0.2) is 24.4 Å². The van der Waals surface area contributed by atoms with Crippen LogP contribution in [0.1, 0.15) is 29.8 Å². The topological polar surface area (TPSA) is 90.4 Å². The number of fused-ring (bicyclic) bond motifs is 1. The molecule has 0 aliphatic carbocycles. The lowest BCUT2D eigenvalue weighted by Crippen LogP contribution is -2.45. The third-order valence-electron chi connectivity index (χ3n) is 4.90. The molecule has 2 aromatic rings. The predicted octanol–water partition coefficient (Wildman–Crippen LogP) is 3.95. The minimum Gasteiger partial charge on any atom is -0.394 e. The zero-order valence-corrected chi connectivity index (χ0v) is 17.9. The first-order valence-electron chi connectivity index (χ1n) is 9.37. The molecule has 0 fully saturated rings. The number of benzene rings is 1. The summed E-state index contributed by atoms with van der Waals surface area (Å²) < 4.78 is 38.3. The zero-order chi connectivity index (χ0) is 22.8. The van der Waals surface area contributed by atoms with Gasteiger partial charge in [0, 0.05) is 12.7 Å². The van der Waals surface area contributed by atoms with E-state index < -0.39 is 24.3 Å². The standard InChI is InChI=1S/C19H20Cl2F3N5O2/c1-10(19(22,23)24)26-17-25-7-12-4-5-29(8-15(12)27-17)18(31)28-16(9-30)11-2-3-13(20)14(21)6-11/h2-3,6-7,10,16,30H,4-5,8-9H2,1H3,(H,28,31)(H,25,26,27). The van der Waals surface area contributed by atoms with Crippen LogP contribution < -0.4 is 10.6 Å². The quantitative estimate of drug-likeness (QED) is 0.606. The second kappa shape index (κ2) is 9.46. The number of halogens is 5. The number of hydrogen-bond donors (Lipinski definition) is 3. The molecule has 0 radical (unpaired) electrons. The molecule has 12 heteroatoms. The summed E-state index contributed by atoms with van der Waals surface area (Å²) in [6, 6.07) is 1.80. The average Bonchev–Trinajstić information content (AvgIpc) is 2.72. The van der Waals surface area contributed by atoms with Gasteiger partial charge < -0.3 is 20.6 Å². The summed E-state index contributed by atoms with van der Waals surface area (Å²) in [5.41, 5.74) is 1.80. The molecule has 168 valence electrons. The summed E-state index contributed by atoms with van der Waals surface area (Å²) >= 11 is 11.9. The van der Waals surface area contributed by atoms with Crippen molar-refractivity contribution in [3.05, 3.63) is 51.3 Å². The maximum atomic E-state index is 12.8. The van der Waals surface area contributed by atoms with Crippen molar-refractivity contribution in [2.75, 3.05) is 18.5 Å². The van der Waals surface area contributed by atoms with Gasteiger partial charge in [0.05, 0.1) is 34.9 Å². The molecule has 1 aromatic carbocycles. The first-order valence-corrected chi connectivity index (χ1v) is 10.1. The summed E-state index contributed by atoms with van der Waals surface area (Å²) in [4.78, 5) is 22.3. The smallest absolute Gasteiger partial charge is 0.394 e. The Morgan fingerprint density at radius 1 is 1.32 bits per heavy atom. The van der Waals surface area contributed by atoms with Gasteiger partial charge in [-0.2, -0.15) is 13.2 Å². The highest BCUT2D eigenvalue weighted by molar-refractivity contribution is 6.42. The van der Waals surface area contributed by atoms with Crippen molar-refractivity contribution in [2.24, 2.45) is 0 Å². The van der Waals surface area contributed by atoms with Gasteiger partial charge in [0.2, 0.25) is 5.95 Å². The Labute approximate surface area is 186 Å². The van der Waals surface area contributed by atoms with Gasteiger partial charge in [-0.3, -0.25) is 0 Å². The molecule has 2 unspecified atom stereocenters. The van der Waals surface area contributed by atoms with Crippen LogP contribution in [0.3, 0.4) is 0 Å². The number of amides is 2. The summed E-state index contributed by atoms with van der Waals surface area (Å²) in [6.07, 6.45) is -2.52. The number of anilines is 1. The highest BCUT2D eigenvalue weighted by atomic mass is 35.5. The lowest BCUT2D eigenvalue weighted by Gasteiger charge is -2.30. The van der Waals surface area contributed by atoms with Gasteiger partial charge in [-0.1, -0.05) is 29.3 Å². The van der Waals surface area contributed by atoms with Gasteiger partial charge in [0.1, 0.15) is 6.04 Å². The number of aliphatic hydroxyl groups is 1. The predicted molar refractivity (Wildman–Crippen MR) is 110 cm³/mol. The van der Waals surface area contributed by atoms with Crippen LogP contribution >= 0.6 is 23.2 Å². The molecule has 3 N–H and O–H groups in total. The first kappa shape index (κ1) is 23.4. The van der Waals surface area contributed by atoms with Gasteiger partial charge in [-0.25, -0.2) is 14.8 Å². The van der Waals surface area contributed by atoms with Crippen LogP contribution in [0.4, 0.5) is 23.9 Å². The zero-order valence-electron chi connectivity index (χ0n) is 16.4. The van der Waals surface area contributed by atoms with E-state index in [0.29, 0.717) is 34.3 Å². The Hall–Kier alpha value is -2.30. The van der Waals surface area contributed by atoms with Crippen molar-refractivity contribution in [2.45, 2.75) is 38.1 Å². The summed E-state index contributed by atoms with van der Waals surface area (Å²) in [5.74, 6) is -0.158. The Morgan fingerprint density at radius 3 is 2.71 bits per heavy atom. The minimum atomic E-state index is -4.44. The van der Waals surface area contributed by atoms with Gasteiger partial charge >= 0.3 is 12.2 Å². The van der Waals surface area contributed by atoms with Crippen LogP contribution in [0.5, 0.6) is 0 Å². The number of carbonyl (C=O) groups excluding carboxylic acids is 1. The second-order valence-corrected chi connectivity index (χ2v) is 7.92. The van der Waals surface area contributed by atoms with E-state index in [1.165, 1.54) is 11.1 Å². The molecule has 7 nitrogen and oxygen atoms in total. The number of rotatable bonds is 5. The fourth-order valence-corrected chi connectivity index (χ4v) is 3.33. The normalized spacial score (nSPS) is 15.8. The summed E-state index contributed by atoms with van der Waals surface area (Å²) in [6.45, 7) is 1.08. The van der Waals surface area contributed by atoms with E-state index in [1.54, 1.807) is 18.2 Å². The Balaban J connectivity index is 1.69. The van der Waals surface area contributed by atoms with E-state index in [4.69, 9.17) is 23.2 Å². The molecule has 3 rings (SSSR count). The molecule has 2 amide bonds. The fraction of sp³-hybridized carbons (Fsp3) is 0.421. The van der Waals surface area contributed by atoms with Crippen molar-refractivity contribution in [1.29, 1.82) is 0 Å². The van der Waals surface area contributed by atoms with E-state index in [9.17, 15) is 23.1 Å². The van der Waals surface area contributed by atoms with E-state index in [-0.39, 0.29) is 19.1 Å². The Bertz CT molecular complexity index is 961. The van der Waals surface area contributed by atoms with E-state index >= 15 is 0 Å². The second-order valence-electron chi connectivity index (χ2n) is 7.10. The van der Waals surface area contributed by atoms with E-state index in [0.717, 1.165) is 12.5 Å². The SMILES string of the molecule is CC(Nc1ncc2c(n1)CN(C(=O)NC(CO)c1ccc(Cl)c(Cl)c1)CC2)C(F)(F)F. The fourth-order valence-electron chi connectivity index (χ4n) is 3.03. The number of nitrogens with zero attached hydrogens (tertiary/aromatic N) is 3. The molecular weight excluding hydrogens is 458 g/mol. The van der Waals surface area contributed by atoms with Crippen molar-refractivity contribution in [3.8, 4) is 0 Å². The molecule has 31 heavy (non-hydrogen) atoms. The minimum absolute atomic E-state index is 0.0955. The first-order chi connectivity index (χ1) is 14.6. The number of aromatic nitrogens is 2. The van der Waals surface area contributed by atoms with Crippen molar-refractivity contribution >= 4 is 35.2 Å². The Kier molecular flexibility index (Phi) is 7.13. The van der Waals surface area contributed by atoms with Gasteiger partial charge in [0.15, 0.2) is 0 Å². The van der Waals surface area contributed by atoms with Crippen LogP contribution in [0, 0.1) is 0 Å². The van der Waals surface area contributed by atoms with E-state index in [2.05, 4.69) is 20.6 Å². The van der Waals surface area contributed by atoms with Crippen molar-refractivity contribution < 1.29 is 23.1 Å².